The molecule has 5 nitrogen and oxygen atoms in total. The molecule has 0 unspecified atom stereocenters. The van der Waals surface area contributed by atoms with Crippen molar-refractivity contribution in [3.8, 4) is 0 Å². The Morgan fingerprint density at radius 3 is 2.44 bits per heavy atom. The Kier molecular flexibility index (Phi) is 3.97. The van der Waals surface area contributed by atoms with Crippen LogP contribution in [0.25, 0.3) is 0 Å². The van der Waals surface area contributed by atoms with Crippen LogP contribution in [0.15, 0.2) is 24.3 Å². The van der Waals surface area contributed by atoms with Crippen LogP contribution >= 0.6 is 0 Å². The van der Waals surface area contributed by atoms with Crippen LogP contribution in [-0.4, -0.2) is 20.5 Å². The van der Waals surface area contributed by atoms with Crippen molar-refractivity contribution in [3.63, 3.8) is 0 Å². The van der Waals surface area contributed by atoms with Crippen LogP contribution < -0.4 is 10.5 Å². The third kappa shape index (κ3) is 4.72. The van der Waals surface area contributed by atoms with Gasteiger partial charge in [-0.2, -0.15) is 13.2 Å². The van der Waals surface area contributed by atoms with E-state index in [1.54, 1.807) is 5.32 Å². The summed E-state index contributed by atoms with van der Waals surface area (Å²) in [4.78, 5) is 10.7. The number of carbonyl (C=O) groups excluding carboxylic acids is 1. The smallest absolute Gasteiger partial charge is 0.318 e. The third-order valence-electron chi connectivity index (χ3n) is 1.81. The summed E-state index contributed by atoms with van der Waals surface area (Å²) >= 11 is 0. The van der Waals surface area contributed by atoms with Gasteiger partial charge in [0.25, 0.3) is 0 Å². The summed E-state index contributed by atoms with van der Waals surface area (Å²) in [7, 11) is -3.79. The second-order valence-corrected chi connectivity index (χ2v) is 5.07. The molecule has 1 aromatic carbocycles. The van der Waals surface area contributed by atoms with E-state index in [1.165, 1.54) is 18.2 Å². The van der Waals surface area contributed by atoms with Crippen molar-refractivity contribution in [3.05, 3.63) is 29.8 Å². The highest BCUT2D eigenvalue weighted by Crippen LogP contribution is 2.19. The second-order valence-electron chi connectivity index (χ2n) is 3.46. The summed E-state index contributed by atoms with van der Waals surface area (Å²) in [5, 5.41) is 6.40. The van der Waals surface area contributed by atoms with Crippen molar-refractivity contribution in [2.75, 3.05) is 5.32 Å². The summed E-state index contributed by atoms with van der Waals surface area (Å²) in [6, 6.07) is 4.99. The Labute approximate surface area is 101 Å². The number of nitrogens with one attached hydrogen (secondary N) is 1. The molecule has 1 rings (SSSR count). The van der Waals surface area contributed by atoms with Crippen LogP contribution in [0.5, 0.6) is 0 Å². The molecule has 0 saturated carbocycles. The lowest BCUT2D eigenvalue weighted by Gasteiger charge is -2.08. The maximum Gasteiger partial charge on any atom is 0.471 e. The first-order valence-electron chi connectivity index (χ1n) is 4.55. The van der Waals surface area contributed by atoms with Gasteiger partial charge in [0, 0.05) is 5.69 Å². The van der Waals surface area contributed by atoms with Crippen molar-refractivity contribution < 1.29 is 26.4 Å². The van der Waals surface area contributed by atoms with Gasteiger partial charge in [-0.1, -0.05) is 12.1 Å². The van der Waals surface area contributed by atoms with Gasteiger partial charge in [0.1, 0.15) is 0 Å². The largest absolute Gasteiger partial charge is 0.471 e. The van der Waals surface area contributed by atoms with Crippen molar-refractivity contribution in [2.45, 2.75) is 11.9 Å². The van der Waals surface area contributed by atoms with Crippen molar-refractivity contribution in [2.24, 2.45) is 5.14 Å². The molecule has 9 heteroatoms. The average Bonchev–Trinajstić information content (AvgIpc) is 2.13. The molecule has 3 N–H and O–H groups in total. The van der Waals surface area contributed by atoms with Gasteiger partial charge in [-0.05, 0) is 17.7 Å². The molecule has 1 amide bonds. The highest BCUT2D eigenvalue weighted by atomic mass is 32.2. The summed E-state index contributed by atoms with van der Waals surface area (Å²) in [5.74, 6) is -2.65. The number of anilines is 1. The van der Waals surface area contributed by atoms with Gasteiger partial charge >= 0.3 is 12.1 Å². The Morgan fingerprint density at radius 1 is 1.33 bits per heavy atom. The topological polar surface area (TPSA) is 89.3 Å². The third-order valence-corrected chi connectivity index (χ3v) is 2.55. The number of alkyl halides is 3. The monoisotopic (exact) mass is 282 g/mol. The Bertz CT molecular complexity index is 554. The SMILES string of the molecule is NS(=O)(=O)Cc1cccc(NC(=O)C(F)(F)F)c1. The number of hydrogen-bond donors (Lipinski definition) is 2. The zero-order valence-corrected chi connectivity index (χ0v) is 9.68. The minimum Gasteiger partial charge on any atom is -0.318 e. The second kappa shape index (κ2) is 4.94. The van der Waals surface area contributed by atoms with Gasteiger partial charge in [-0.3, -0.25) is 4.79 Å². The number of nitrogens with two attached hydrogens (primary N) is 1. The summed E-state index contributed by atoms with van der Waals surface area (Å²) < 4.78 is 57.5. The number of hydrogen-bond acceptors (Lipinski definition) is 3. The molecular formula is C9H9F3N2O3S. The molecule has 1 aromatic rings. The number of primary sulfonamides is 1. The fourth-order valence-electron chi connectivity index (χ4n) is 1.17. The van der Waals surface area contributed by atoms with Gasteiger partial charge < -0.3 is 5.32 Å². The zero-order chi connectivity index (χ0) is 14.0. The molecule has 0 saturated heterocycles. The van der Waals surface area contributed by atoms with Crippen LogP contribution in [-0.2, 0) is 20.6 Å². The zero-order valence-electron chi connectivity index (χ0n) is 8.86. The Balaban J connectivity index is 2.87. The average molecular weight is 282 g/mol. The number of carbonyl (C=O) groups is 1. The van der Waals surface area contributed by atoms with Gasteiger partial charge in [-0.25, -0.2) is 13.6 Å². The van der Waals surface area contributed by atoms with Crippen LogP contribution in [0.4, 0.5) is 18.9 Å². The van der Waals surface area contributed by atoms with Crippen LogP contribution in [0.1, 0.15) is 5.56 Å². The Hall–Kier alpha value is -1.61. The van der Waals surface area contributed by atoms with E-state index in [0.29, 0.717) is 0 Å². The molecule has 18 heavy (non-hydrogen) atoms. The van der Waals surface area contributed by atoms with Crippen molar-refractivity contribution in [1.29, 1.82) is 0 Å². The summed E-state index contributed by atoms with van der Waals surface area (Å²) in [6.45, 7) is 0. The van der Waals surface area contributed by atoms with E-state index in [0.717, 1.165) is 6.07 Å². The molecule has 0 bridgehead atoms. The first-order chi connectivity index (χ1) is 8.08. The lowest BCUT2D eigenvalue weighted by molar-refractivity contribution is -0.167. The van der Waals surface area contributed by atoms with Crippen LogP contribution in [0, 0.1) is 0 Å². The quantitative estimate of drug-likeness (QED) is 0.865. The first kappa shape index (κ1) is 14.5. The molecule has 0 aliphatic heterocycles. The van der Waals surface area contributed by atoms with Crippen molar-refractivity contribution in [1.82, 2.24) is 0 Å². The van der Waals surface area contributed by atoms with Gasteiger partial charge in [0.15, 0.2) is 0 Å². The molecule has 0 fully saturated rings. The minimum absolute atomic E-state index is 0.154. The molecule has 100 valence electrons. The van der Waals surface area contributed by atoms with E-state index in [4.69, 9.17) is 5.14 Å². The normalized spacial score (nSPS) is 12.2. The van der Waals surface area contributed by atoms with Gasteiger partial charge in [0.2, 0.25) is 10.0 Å². The van der Waals surface area contributed by atoms with E-state index < -0.39 is 27.9 Å². The number of halogens is 3. The number of amides is 1. The summed E-state index contributed by atoms with van der Waals surface area (Å²) in [5.41, 5.74) is 0.0240. The standard InChI is InChI=1S/C9H9F3N2O3S/c10-9(11,12)8(15)14-7-3-1-2-6(4-7)5-18(13,16)17/h1-4H,5H2,(H,14,15)(H2,13,16,17). The number of benzene rings is 1. The molecular weight excluding hydrogens is 273 g/mol. The molecule has 0 radical (unpaired) electrons. The molecule has 0 heterocycles. The maximum absolute atomic E-state index is 12.0. The van der Waals surface area contributed by atoms with E-state index in [9.17, 15) is 26.4 Å². The van der Waals surface area contributed by atoms with Gasteiger partial charge in [0.05, 0.1) is 5.75 Å². The van der Waals surface area contributed by atoms with Crippen molar-refractivity contribution >= 4 is 21.6 Å². The highest BCUT2D eigenvalue weighted by Gasteiger charge is 2.38. The predicted molar refractivity (Wildman–Crippen MR) is 57.9 cm³/mol. The predicted octanol–water partition coefficient (Wildman–Crippen LogP) is 0.976. The maximum atomic E-state index is 12.0. The highest BCUT2D eigenvalue weighted by molar-refractivity contribution is 7.88. The minimum atomic E-state index is -5.00. The van der Waals surface area contributed by atoms with Crippen LogP contribution in [0.3, 0.4) is 0 Å². The van der Waals surface area contributed by atoms with Crippen LogP contribution in [0.2, 0.25) is 0 Å². The number of sulfonamides is 1. The molecule has 0 aliphatic carbocycles. The first-order valence-corrected chi connectivity index (χ1v) is 6.27. The number of rotatable bonds is 3. The Morgan fingerprint density at radius 2 is 1.94 bits per heavy atom. The van der Waals surface area contributed by atoms with E-state index >= 15 is 0 Å². The summed E-state index contributed by atoms with van der Waals surface area (Å²) in [6.07, 6.45) is -5.00. The lowest BCUT2D eigenvalue weighted by Crippen LogP contribution is -2.29. The fraction of sp³-hybridized carbons (Fsp3) is 0.222. The van der Waals surface area contributed by atoms with E-state index in [-0.39, 0.29) is 11.3 Å². The molecule has 0 aromatic heterocycles. The molecule has 0 spiro atoms. The van der Waals surface area contributed by atoms with Gasteiger partial charge in [-0.15, -0.1) is 0 Å². The fourth-order valence-corrected chi connectivity index (χ4v) is 1.82. The van der Waals surface area contributed by atoms with E-state index in [2.05, 4.69) is 0 Å². The molecule has 0 aliphatic rings. The molecule has 0 atom stereocenters. The lowest BCUT2D eigenvalue weighted by atomic mass is 10.2. The van der Waals surface area contributed by atoms with E-state index in [1.807, 2.05) is 0 Å².